The third-order valence-corrected chi connectivity index (χ3v) is 0.739. The molecule has 0 saturated heterocycles. The van der Waals surface area contributed by atoms with Crippen LogP contribution in [0.5, 0.6) is 0 Å². The first-order valence-corrected chi connectivity index (χ1v) is 2.47. The van der Waals surface area contributed by atoms with Crippen molar-refractivity contribution in [3.8, 4) is 6.00 Å². The summed E-state index contributed by atoms with van der Waals surface area (Å²) < 4.78 is 0. The standard InChI is InChI=1S/C4H6Si/c1-4(2)5-3/h3H,1H2,2H3. The van der Waals surface area contributed by atoms with E-state index in [-0.39, 0.29) is 0 Å². The van der Waals surface area contributed by atoms with Gasteiger partial charge in [-0.3, -0.25) is 0 Å². The summed E-state index contributed by atoms with van der Waals surface area (Å²) in [5.74, 6) is 0. The van der Waals surface area contributed by atoms with Crippen LogP contribution >= 0.6 is 0 Å². The summed E-state index contributed by atoms with van der Waals surface area (Å²) in [7, 11) is 0.420. The molecule has 0 fully saturated rings. The van der Waals surface area contributed by atoms with Gasteiger partial charge >= 0.3 is 0 Å². The second-order valence-electron chi connectivity index (χ2n) is 0.925. The molecule has 0 aliphatic carbocycles. The molecule has 0 aliphatic rings. The van der Waals surface area contributed by atoms with Gasteiger partial charge in [-0.15, -0.1) is 0 Å². The van der Waals surface area contributed by atoms with Crippen LogP contribution < -0.4 is 0 Å². The smallest absolute Gasteiger partial charge is 0.0140 e. The van der Waals surface area contributed by atoms with Gasteiger partial charge in [-0.1, -0.05) is 6.58 Å². The maximum Gasteiger partial charge on any atom is 0.0140 e. The fraction of sp³-hybridized carbons (Fsp3) is 0.250. The third kappa shape index (κ3) is 3.74. The second kappa shape index (κ2) is 2.00. The van der Waals surface area contributed by atoms with Gasteiger partial charge in [0.2, 0.25) is 0 Å². The molecule has 5 heavy (non-hydrogen) atoms. The molecule has 0 nitrogen and oxygen atoms in total. The lowest BCUT2D eigenvalue weighted by Crippen LogP contribution is -1.64. The molecule has 0 rings (SSSR count). The highest BCUT2D eigenvalue weighted by atomic mass is 28.2. The number of hydrogen-bond acceptors (Lipinski definition) is 0. The highest BCUT2D eigenvalue weighted by molar-refractivity contribution is 6.32. The summed E-state index contributed by atoms with van der Waals surface area (Å²) >= 11 is 0. The Kier molecular flexibility index (Phi) is 1.90. The Morgan fingerprint density at radius 3 is 2.20 bits per heavy atom. The molecular formula is C4H6Si. The first kappa shape index (κ1) is 4.74. The van der Waals surface area contributed by atoms with Crippen molar-refractivity contribution in [1.82, 2.24) is 0 Å². The van der Waals surface area contributed by atoms with E-state index in [1.165, 1.54) is 0 Å². The van der Waals surface area contributed by atoms with Crippen LogP contribution in [-0.2, 0) is 0 Å². The first-order valence-electron chi connectivity index (χ1n) is 1.39. The molecule has 0 unspecified atom stereocenters. The summed E-state index contributed by atoms with van der Waals surface area (Å²) in [6.45, 7) is 5.48. The lowest BCUT2D eigenvalue weighted by molar-refractivity contribution is 1.71. The Hall–Kier alpha value is -0.263. The van der Waals surface area contributed by atoms with Crippen molar-refractivity contribution in [2.24, 2.45) is 0 Å². The van der Waals surface area contributed by atoms with Crippen molar-refractivity contribution < 1.29 is 0 Å². The van der Waals surface area contributed by atoms with Gasteiger partial charge in [-0.25, -0.2) is 0 Å². The van der Waals surface area contributed by atoms with Crippen LogP contribution in [0.4, 0.5) is 0 Å². The van der Waals surface area contributed by atoms with Crippen molar-refractivity contribution in [3.05, 3.63) is 11.8 Å². The van der Waals surface area contributed by atoms with Gasteiger partial charge < -0.3 is 0 Å². The van der Waals surface area contributed by atoms with Crippen molar-refractivity contribution in [2.75, 3.05) is 0 Å². The molecule has 1 heteroatoms. The molecule has 0 spiro atoms. The largest absolute Gasteiger partial charge is 0.154 e. The summed E-state index contributed by atoms with van der Waals surface area (Å²) in [5, 5.41) is 1.06. The minimum atomic E-state index is 0.420. The van der Waals surface area contributed by atoms with E-state index in [1.807, 2.05) is 6.92 Å². The van der Waals surface area contributed by atoms with E-state index in [1.54, 1.807) is 0 Å². The van der Waals surface area contributed by atoms with E-state index in [2.05, 4.69) is 6.58 Å². The summed E-state index contributed by atoms with van der Waals surface area (Å²) in [4.78, 5) is 0. The van der Waals surface area contributed by atoms with Crippen molar-refractivity contribution in [1.29, 1.82) is 0 Å². The predicted octanol–water partition coefficient (Wildman–Crippen LogP) is 0.813. The van der Waals surface area contributed by atoms with Crippen LogP contribution in [0.15, 0.2) is 11.8 Å². The maximum atomic E-state index is 5.10. The van der Waals surface area contributed by atoms with E-state index >= 15 is 0 Å². The second-order valence-corrected chi connectivity index (χ2v) is 2.07. The molecule has 0 bridgehead atoms. The maximum absolute atomic E-state index is 5.10. The minimum absolute atomic E-state index is 0.420. The topological polar surface area (TPSA) is 0 Å². The van der Waals surface area contributed by atoms with Gasteiger partial charge in [0.25, 0.3) is 0 Å². The lowest BCUT2D eigenvalue weighted by Gasteiger charge is -1.66. The average Bonchev–Trinajstić information content (AvgIpc) is 1.38. The first-order chi connectivity index (χ1) is 2.27. The van der Waals surface area contributed by atoms with Gasteiger partial charge in [-0.2, -0.15) is 6.00 Å². The SMILES string of the molecule is C#[Si]C(=C)C. The average molecular weight is 82.2 g/mol. The van der Waals surface area contributed by atoms with Gasteiger partial charge in [0.05, 0.1) is 0 Å². The monoisotopic (exact) mass is 82.0 g/mol. The number of rotatable bonds is 0. The normalized spacial score (nSPS) is 5.60. The zero-order valence-electron chi connectivity index (χ0n) is 3.28. The number of allylic oxidation sites excluding steroid dienone is 1. The molecule has 0 aromatic carbocycles. The van der Waals surface area contributed by atoms with Gasteiger partial charge in [-0.05, 0) is 12.1 Å². The summed E-state index contributed by atoms with van der Waals surface area (Å²) in [6, 6.07) is 5.10. The molecule has 26 valence electrons. The fourth-order valence-electron chi connectivity index (χ4n) is 0. The molecule has 0 aliphatic heterocycles. The quantitative estimate of drug-likeness (QED) is 0.379. The minimum Gasteiger partial charge on any atom is -0.154 e. The van der Waals surface area contributed by atoms with Crippen molar-refractivity contribution in [2.45, 2.75) is 6.92 Å². The Labute approximate surface area is 34.6 Å². The Balaban J connectivity index is 3.35. The Morgan fingerprint density at radius 2 is 2.20 bits per heavy atom. The summed E-state index contributed by atoms with van der Waals surface area (Å²) in [6.07, 6.45) is 0. The van der Waals surface area contributed by atoms with E-state index < -0.39 is 0 Å². The molecule has 0 N–H and O–H groups in total. The van der Waals surface area contributed by atoms with Gasteiger partial charge in [0.1, 0.15) is 0 Å². The van der Waals surface area contributed by atoms with Crippen LogP contribution in [0.2, 0.25) is 0 Å². The van der Waals surface area contributed by atoms with Crippen LogP contribution in [0, 0.1) is 6.00 Å². The Morgan fingerprint density at radius 1 is 2.00 bits per heavy atom. The van der Waals surface area contributed by atoms with Crippen LogP contribution in [0.3, 0.4) is 0 Å². The van der Waals surface area contributed by atoms with Gasteiger partial charge in [0.15, 0.2) is 0 Å². The van der Waals surface area contributed by atoms with E-state index in [0.29, 0.717) is 8.96 Å². The molecule has 0 aromatic rings. The van der Waals surface area contributed by atoms with Crippen molar-refractivity contribution in [3.63, 3.8) is 0 Å². The van der Waals surface area contributed by atoms with E-state index in [9.17, 15) is 0 Å². The number of hydrogen-bond donors (Lipinski definition) is 0. The zero-order chi connectivity index (χ0) is 4.28. The van der Waals surface area contributed by atoms with E-state index in [0.717, 1.165) is 5.20 Å². The molecule has 0 saturated carbocycles. The lowest BCUT2D eigenvalue weighted by atomic mass is 10.8. The van der Waals surface area contributed by atoms with Crippen LogP contribution in [0.25, 0.3) is 0 Å². The van der Waals surface area contributed by atoms with Crippen molar-refractivity contribution >= 4 is 8.96 Å². The Bertz CT molecular complexity index is 76.1. The van der Waals surface area contributed by atoms with Crippen LogP contribution in [0.1, 0.15) is 6.92 Å². The van der Waals surface area contributed by atoms with Crippen LogP contribution in [-0.4, -0.2) is 8.96 Å². The fourth-order valence-corrected chi connectivity index (χ4v) is 0. The van der Waals surface area contributed by atoms with E-state index in [4.69, 9.17) is 6.00 Å². The predicted molar refractivity (Wildman–Crippen MR) is 25.5 cm³/mol. The molecule has 0 radical (unpaired) electrons. The van der Waals surface area contributed by atoms with Gasteiger partial charge in [0, 0.05) is 8.96 Å². The molecule has 0 atom stereocenters. The highest BCUT2D eigenvalue weighted by Crippen LogP contribution is 1.68. The molecule has 0 aromatic heterocycles. The highest BCUT2D eigenvalue weighted by Gasteiger charge is 1.59. The summed E-state index contributed by atoms with van der Waals surface area (Å²) in [5.41, 5.74) is 0. The molecule has 0 amide bonds. The molecule has 0 heterocycles. The zero-order valence-corrected chi connectivity index (χ0v) is 4.28. The third-order valence-electron chi connectivity index (χ3n) is 0.246. The molecular weight excluding hydrogens is 76.1 g/mol.